The molecule has 160 valence electrons. The van der Waals surface area contributed by atoms with Crippen LogP contribution in [0.1, 0.15) is 10.8 Å². The molecule has 2 aromatic carbocycles. The molecule has 30 heavy (non-hydrogen) atoms. The first-order chi connectivity index (χ1) is 14.5. The molecule has 1 aliphatic rings. The van der Waals surface area contributed by atoms with Gasteiger partial charge in [0, 0.05) is 24.5 Å². The number of rotatable bonds is 8. The molecule has 0 aromatic heterocycles. The first-order valence-corrected chi connectivity index (χ1v) is 10.6. The normalized spacial score (nSPS) is 18.7. The van der Waals surface area contributed by atoms with Gasteiger partial charge in [-0.05, 0) is 42.9 Å². The predicted molar refractivity (Wildman–Crippen MR) is 121 cm³/mol. The van der Waals surface area contributed by atoms with Gasteiger partial charge in [-0.3, -0.25) is 4.79 Å². The van der Waals surface area contributed by atoms with Gasteiger partial charge in [-0.1, -0.05) is 18.2 Å². The summed E-state index contributed by atoms with van der Waals surface area (Å²) in [5, 5.41) is 10.6. The van der Waals surface area contributed by atoms with Crippen LogP contribution >= 0.6 is 11.8 Å². The quantitative estimate of drug-likeness (QED) is 0.651. The summed E-state index contributed by atoms with van der Waals surface area (Å²) in [6, 6.07) is 13.1. The Bertz CT molecular complexity index is 887. The Balaban J connectivity index is 1.97. The van der Waals surface area contributed by atoms with Gasteiger partial charge in [0.1, 0.15) is 17.6 Å². The summed E-state index contributed by atoms with van der Waals surface area (Å²) >= 11 is 1.47. The first-order valence-electron chi connectivity index (χ1n) is 9.76. The van der Waals surface area contributed by atoms with E-state index < -0.39 is 11.4 Å². The standard InChI is InChI=1S/C23H28N2O4S/c1-5-12-24(2)13-14-25-19-11-10-18(29-4)15-20(19)30-22(21(26)23(25)27)16-6-8-17(28-3)9-7-16/h5-11,15,21-22,26H,1,12-14H2,2-4H3/t21-,22+/m0/s1. The number of aliphatic hydroxyl groups excluding tert-OH is 1. The van der Waals surface area contributed by atoms with Gasteiger partial charge >= 0.3 is 0 Å². The number of likely N-dealkylation sites (N-methyl/N-ethyl adjacent to an activating group) is 1. The molecule has 1 aliphatic heterocycles. The molecule has 0 fully saturated rings. The van der Waals surface area contributed by atoms with E-state index in [1.807, 2.05) is 55.6 Å². The Hall–Kier alpha value is -2.48. The molecule has 0 spiro atoms. The lowest BCUT2D eigenvalue weighted by atomic mass is 10.1. The SMILES string of the molecule is C=CCN(C)CCN1C(=O)[C@@H](O)[C@@H](c2ccc(OC)cc2)Sc2cc(OC)ccc21. The highest BCUT2D eigenvalue weighted by atomic mass is 32.2. The molecular formula is C23H28N2O4S. The molecule has 3 rings (SSSR count). The number of benzene rings is 2. The summed E-state index contributed by atoms with van der Waals surface area (Å²) in [5.41, 5.74) is 1.65. The maximum absolute atomic E-state index is 13.3. The number of nitrogens with zero attached hydrogens (tertiary/aromatic N) is 2. The second-order valence-electron chi connectivity index (χ2n) is 7.13. The molecule has 1 heterocycles. The van der Waals surface area contributed by atoms with Crippen molar-refractivity contribution in [1.82, 2.24) is 4.90 Å². The first kappa shape index (κ1) is 22.2. The molecular weight excluding hydrogens is 400 g/mol. The summed E-state index contributed by atoms with van der Waals surface area (Å²) in [4.78, 5) is 18.0. The number of aliphatic hydroxyl groups is 1. The van der Waals surface area contributed by atoms with Crippen molar-refractivity contribution in [2.45, 2.75) is 16.2 Å². The zero-order chi connectivity index (χ0) is 21.7. The zero-order valence-electron chi connectivity index (χ0n) is 17.6. The van der Waals surface area contributed by atoms with Crippen LogP contribution < -0.4 is 14.4 Å². The summed E-state index contributed by atoms with van der Waals surface area (Å²) in [7, 11) is 5.20. The number of methoxy groups -OCH3 is 2. The van der Waals surface area contributed by atoms with Crippen molar-refractivity contribution in [2.24, 2.45) is 0 Å². The van der Waals surface area contributed by atoms with Gasteiger partial charge in [-0.25, -0.2) is 0 Å². The molecule has 6 nitrogen and oxygen atoms in total. The lowest BCUT2D eigenvalue weighted by molar-refractivity contribution is -0.126. The molecule has 0 aliphatic carbocycles. The van der Waals surface area contributed by atoms with E-state index in [4.69, 9.17) is 9.47 Å². The highest BCUT2D eigenvalue weighted by Crippen LogP contribution is 2.47. The molecule has 0 saturated carbocycles. The highest BCUT2D eigenvalue weighted by molar-refractivity contribution is 7.99. The fraction of sp³-hybridized carbons (Fsp3) is 0.348. The molecule has 0 unspecified atom stereocenters. The van der Waals surface area contributed by atoms with Crippen molar-refractivity contribution < 1.29 is 19.4 Å². The molecule has 0 radical (unpaired) electrons. The van der Waals surface area contributed by atoms with Crippen molar-refractivity contribution in [2.75, 3.05) is 45.8 Å². The minimum Gasteiger partial charge on any atom is -0.497 e. The number of hydrogen-bond donors (Lipinski definition) is 1. The predicted octanol–water partition coefficient (Wildman–Crippen LogP) is 3.36. The third-order valence-corrected chi connectivity index (χ3v) is 6.47. The number of fused-ring (bicyclic) bond motifs is 1. The van der Waals surface area contributed by atoms with Crippen molar-refractivity contribution in [3.63, 3.8) is 0 Å². The second kappa shape index (κ2) is 10.0. The monoisotopic (exact) mass is 428 g/mol. The van der Waals surface area contributed by atoms with Crippen molar-refractivity contribution in [3.8, 4) is 11.5 Å². The number of hydrogen-bond acceptors (Lipinski definition) is 6. The second-order valence-corrected chi connectivity index (χ2v) is 8.31. The fourth-order valence-corrected chi connectivity index (χ4v) is 4.70. The Labute approximate surface area is 182 Å². The van der Waals surface area contributed by atoms with E-state index in [0.717, 1.165) is 28.4 Å². The number of anilines is 1. The Morgan fingerprint density at radius 3 is 2.47 bits per heavy atom. The van der Waals surface area contributed by atoms with Gasteiger partial charge in [0.25, 0.3) is 5.91 Å². The third kappa shape index (κ3) is 4.80. The largest absolute Gasteiger partial charge is 0.497 e. The minimum absolute atomic E-state index is 0.306. The third-order valence-electron chi connectivity index (χ3n) is 5.11. The van der Waals surface area contributed by atoms with E-state index in [2.05, 4.69) is 11.5 Å². The number of carbonyl (C=O) groups is 1. The minimum atomic E-state index is -1.17. The zero-order valence-corrected chi connectivity index (χ0v) is 18.4. The van der Waals surface area contributed by atoms with Gasteiger partial charge < -0.3 is 24.4 Å². The van der Waals surface area contributed by atoms with Crippen LogP contribution in [-0.2, 0) is 4.79 Å². The number of carbonyl (C=O) groups excluding carboxylic acids is 1. The number of thioether (sulfide) groups is 1. The van der Waals surface area contributed by atoms with E-state index in [1.165, 1.54) is 11.8 Å². The van der Waals surface area contributed by atoms with Gasteiger partial charge in [-0.15, -0.1) is 18.3 Å². The van der Waals surface area contributed by atoms with E-state index in [0.29, 0.717) is 18.8 Å². The molecule has 0 bridgehead atoms. The van der Waals surface area contributed by atoms with E-state index in [1.54, 1.807) is 19.1 Å². The average molecular weight is 429 g/mol. The van der Waals surface area contributed by atoms with Crippen LogP contribution in [0.2, 0.25) is 0 Å². The number of ether oxygens (including phenoxy) is 2. The van der Waals surface area contributed by atoms with E-state index in [-0.39, 0.29) is 5.91 Å². The molecule has 0 saturated heterocycles. The van der Waals surface area contributed by atoms with Crippen LogP contribution in [0.3, 0.4) is 0 Å². The maximum atomic E-state index is 13.3. The van der Waals surface area contributed by atoms with Crippen LogP contribution in [0.5, 0.6) is 11.5 Å². The summed E-state index contributed by atoms with van der Waals surface area (Å²) < 4.78 is 10.6. The maximum Gasteiger partial charge on any atom is 0.257 e. The number of amides is 1. The Morgan fingerprint density at radius 1 is 1.17 bits per heavy atom. The van der Waals surface area contributed by atoms with Crippen LogP contribution in [0.15, 0.2) is 60.0 Å². The Kier molecular flexibility index (Phi) is 7.42. The topological polar surface area (TPSA) is 62.2 Å². The van der Waals surface area contributed by atoms with Gasteiger partial charge in [0.05, 0.1) is 25.2 Å². The molecule has 2 atom stereocenters. The van der Waals surface area contributed by atoms with Crippen molar-refractivity contribution >= 4 is 23.4 Å². The van der Waals surface area contributed by atoms with Crippen molar-refractivity contribution in [1.29, 1.82) is 0 Å². The summed E-state index contributed by atoms with van der Waals surface area (Å²) in [6.45, 7) is 5.61. The highest BCUT2D eigenvalue weighted by Gasteiger charge is 2.37. The lowest BCUT2D eigenvalue weighted by Crippen LogP contribution is -2.43. The smallest absolute Gasteiger partial charge is 0.257 e. The molecule has 7 heteroatoms. The van der Waals surface area contributed by atoms with E-state index >= 15 is 0 Å². The molecule has 2 aromatic rings. The fourth-order valence-electron chi connectivity index (χ4n) is 3.40. The van der Waals surface area contributed by atoms with Crippen LogP contribution in [-0.4, -0.2) is 62.9 Å². The van der Waals surface area contributed by atoms with E-state index in [9.17, 15) is 9.90 Å². The van der Waals surface area contributed by atoms with Gasteiger partial charge in [0.2, 0.25) is 0 Å². The molecule has 1 amide bonds. The van der Waals surface area contributed by atoms with Crippen LogP contribution in [0.4, 0.5) is 5.69 Å². The van der Waals surface area contributed by atoms with Crippen molar-refractivity contribution in [3.05, 3.63) is 60.7 Å². The molecule has 1 N–H and O–H groups in total. The summed E-state index contributed by atoms with van der Waals surface area (Å²) in [5.74, 6) is 1.13. The van der Waals surface area contributed by atoms with Crippen LogP contribution in [0, 0.1) is 0 Å². The Morgan fingerprint density at radius 2 is 1.83 bits per heavy atom. The van der Waals surface area contributed by atoms with Crippen LogP contribution in [0.25, 0.3) is 0 Å². The van der Waals surface area contributed by atoms with Gasteiger partial charge in [-0.2, -0.15) is 0 Å². The lowest BCUT2D eigenvalue weighted by Gasteiger charge is -2.27. The summed E-state index contributed by atoms with van der Waals surface area (Å²) in [6.07, 6.45) is 0.652. The van der Waals surface area contributed by atoms with Gasteiger partial charge in [0.15, 0.2) is 0 Å². The average Bonchev–Trinajstić information content (AvgIpc) is 2.87.